The fourth-order valence-electron chi connectivity index (χ4n) is 2.51. The fourth-order valence-corrected chi connectivity index (χ4v) is 3.26. The van der Waals surface area contributed by atoms with Crippen molar-refractivity contribution in [1.29, 1.82) is 0 Å². The Labute approximate surface area is 161 Å². The number of nitrogens with one attached hydrogen (secondary N) is 1. The molecule has 0 unspecified atom stereocenters. The number of rotatable bonds is 10. The Morgan fingerprint density at radius 1 is 1.11 bits per heavy atom. The van der Waals surface area contributed by atoms with Gasteiger partial charge in [0.25, 0.3) is 5.69 Å². The quantitative estimate of drug-likeness (QED) is 0.189. The Bertz CT molecular complexity index is 775. The maximum atomic E-state index is 11.4. The van der Waals surface area contributed by atoms with Crippen molar-refractivity contribution in [3.8, 4) is 5.75 Å². The number of hydrogen-bond donors (Lipinski definition) is 1. The van der Waals surface area contributed by atoms with E-state index in [-0.39, 0.29) is 12.5 Å². The van der Waals surface area contributed by atoms with Gasteiger partial charge in [-0.3, -0.25) is 10.1 Å². The van der Waals surface area contributed by atoms with E-state index in [2.05, 4.69) is 25.0 Å². The molecule has 0 aromatic heterocycles. The van der Waals surface area contributed by atoms with E-state index >= 15 is 0 Å². The summed E-state index contributed by atoms with van der Waals surface area (Å²) in [6.45, 7) is 9.72. The lowest BCUT2D eigenvalue weighted by molar-refractivity contribution is -0.383. The number of ether oxygens (including phenoxy) is 2. The molecule has 2 rings (SSSR count). The van der Waals surface area contributed by atoms with Crippen molar-refractivity contribution in [2.24, 2.45) is 0 Å². The summed E-state index contributed by atoms with van der Waals surface area (Å²) in [5.41, 5.74) is 2.35. The first-order valence-corrected chi connectivity index (χ1v) is 12.8. The Kier molecular flexibility index (Phi) is 7.38. The number of nitro groups is 1. The summed E-state index contributed by atoms with van der Waals surface area (Å²) in [4.78, 5) is 11.0. The SMILES string of the molecule is CCc1ccccc1Nc1cc(OCOCC[Si](C)(C)C)ccc1[N+](=O)[O-]. The van der Waals surface area contributed by atoms with Crippen LogP contribution in [0.5, 0.6) is 5.75 Å². The number of nitrogens with zero attached hydrogens (tertiary/aromatic N) is 1. The largest absolute Gasteiger partial charge is 0.467 e. The average molecular weight is 389 g/mol. The van der Waals surface area contributed by atoms with Crippen LogP contribution < -0.4 is 10.1 Å². The van der Waals surface area contributed by atoms with Gasteiger partial charge >= 0.3 is 0 Å². The number of hydrogen-bond acceptors (Lipinski definition) is 5. The molecule has 6 nitrogen and oxygen atoms in total. The molecule has 0 heterocycles. The molecule has 0 bridgehead atoms. The Morgan fingerprint density at radius 3 is 2.52 bits per heavy atom. The summed E-state index contributed by atoms with van der Waals surface area (Å²) in [7, 11) is -1.13. The van der Waals surface area contributed by atoms with Crippen LogP contribution in [0, 0.1) is 10.1 Å². The highest BCUT2D eigenvalue weighted by Gasteiger charge is 2.16. The first-order valence-electron chi connectivity index (χ1n) is 9.14. The van der Waals surface area contributed by atoms with Crippen LogP contribution in [0.1, 0.15) is 12.5 Å². The molecule has 0 spiro atoms. The van der Waals surface area contributed by atoms with Crippen LogP contribution in [0.15, 0.2) is 42.5 Å². The molecule has 27 heavy (non-hydrogen) atoms. The van der Waals surface area contributed by atoms with Crippen LogP contribution >= 0.6 is 0 Å². The van der Waals surface area contributed by atoms with E-state index in [1.165, 1.54) is 6.07 Å². The minimum Gasteiger partial charge on any atom is -0.467 e. The van der Waals surface area contributed by atoms with Crippen LogP contribution in [0.2, 0.25) is 25.7 Å². The van der Waals surface area contributed by atoms with Gasteiger partial charge in [0.2, 0.25) is 0 Å². The van der Waals surface area contributed by atoms with Crippen molar-refractivity contribution >= 4 is 25.1 Å². The Balaban J connectivity index is 2.09. The normalized spacial score (nSPS) is 11.3. The molecule has 0 saturated heterocycles. The van der Waals surface area contributed by atoms with E-state index in [1.807, 2.05) is 31.2 Å². The number of para-hydroxylation sites is 1. The van der Waals surface area contributed by atoms with E-state index in [0.29, 0.717) is 18.0 Å². The highest BCUT2D eigenvalue weighted by Crippen LogP contribution is 2.32. The summed E-state index contributed by atoms with van der Waals surface area (Å²) in [5, 5.41) is 14.6. The van der Waals surface area contributed by atoms with Crippen molar-refractivity contribution in [1.82, 2.24) is 0 Å². The van der Waals surface area contributed by atoms with Gasteiger partial charge in [-0.25, -0.2) is 0 Å². The lowest BCUT2D eigenvalue weighted by atomic mass is 10.1. The molecule has 2 aromatic carbocycles. The van der Waals surface area contributed by atoms with Crippen molar-refractivity contribution in [2.45, 2.75) is 39.0 Å². The molecule has 0 atom stereocenters. The van der Waals surface area contributed by atoms with Crippen molar-refractivity contribution in [2.75, 3.05) is 18.7 Å². The highest BCUT2D eigenvalue weighted by molar-refractivity contribution is 6.76. The zero-order valence-electron chi connectivity index (χ0n) is 16.5. The van der Waals surface area contributed by atoms with Gasteiger partial charge in [0.1, 0.15) is 11.4 Å². The van der Waals surface area contributed by atoms with Gasteiger partial charge in [-0.15, -0.1) is 0 Å². The first-order chi connectivity index (χ1) is 12.8. The van der Waals surface area contributed by atoms with Gasteiger partial charge in [0.05, 0.1) is 4.92 Å². The summed E-state index contributed by atoms with van der Waals surface area (Å²) in [5.74, 6) is 0.532. The average Bonchev–Trinajstić information content (AvgIpc) is 2.61. The van der Waals surface area contributed by atoms with Crippen LogP contribution in [-0.2, 0) is 11.2 Å². The molecule has 0 amide bonds. The lowest BCUT2D eigenvalue weighted by Gasteiger charge is -2.16. The summed E-state index contributed by atoms with van der Waals surface area (Å²) < 4.78 is 11.2. The zero-order chi connectivity index (χ0) is 19.9. The predicted molar refractivity (Wildman–Crippen MR) is 112 cm³/mol. The number of nitro benzene ring substituents is 1. The van der Waals surface area contributed by atoms with Gasteiger partial charge < -0.3 is 14.8 Å². The molecule has 0 fully saturated rings. The third-order valence-electron chi connectivity index (χ3n) is 4.14. The standard InChI is InChI=1S/C20H28N2O4Si/c1-5-16-8-6-7-9-18(16)21-19-14-17(10-11-20(19)22(23)24)26-15-25-12-13-27(2,3)4/h6-11,14,21H,5,12-13,15H2,1-4H3. The molecule has 146 valence electrons. The zero-order valence-corrected chi connectivity index (χ0v) is 17.5. The van der Waals surface area contributed by atoms with Crippen LogP contribution in [-0.4, -0.2) is 26.4 Å². The molecule has 0 aliphatic rings. The second-order valence-electron chi connectivity index (χ2n) is 7.55. The van der Waals surface area contributed by atoms with E-state index < -0.39 is 13.0 Å². The van der Waals surface area contributed by atoms with Crippen LogP contribution in [0.25, 0.3) is 0 Å². The lowest BCUT2D eigenvalue weighted by Crippen LogP contribution is -2.22. The molecule has 7 heteroatoms. The van der Waals surface area contributed by atoms with Crippen LogP contribution in [0.3, 0.4) is 0 Å². The smallest absolute Gasteiger partial charge is 0.292 e. The minimum absolute atomic E-state index is 0.00732. The molecular weight excluding hydrogens is 360 g/mol. The van der Waals surface area contributed by atoms with Gasteiger partial charge in [-0.1, -0.05) is 44.8 Å². The maximum absolute atomic E-state index is 11.4. The van der Waals surface area contributed by atoms with Crippen molar-refractivity contribution < 1.29 is 14.4 Å². The Morgan fingerprint density at radius 2 is 1.85 bits per heavy atom. The third kappa shape index (κ3) is 6.69. The molecule has 0 aliphatic carbocycles. The second kappa shape index (κ2) is 9.52. The topological polar surface area (TPSA) is 73.6 Å². The third-order valence-corrected chi connectivity index (χ3v) is 5.84. The summed E-state index contributed by atoms with van der Waals surface area (Å²) in [6, 6.07) is 13.5. The minimum atomic E-state index is -1.13. The number of benzene rings is 2. The van der Waals surface area contributed by atoms with Gasteiger partial charge in [0.15, 0.2) is 6.79 Å². The van der Waals surface area contributed by atoms with Gasteiger partial charge in [-0.05, 0) is 30.2 Å². The molecule has 2 aromatic rings. The van der Waals surface area contributed by atoms with E-state index in [9.17, 15) is 10.1 Å². The predicted octanol–water partition coefficient (Wildman–Crippen LogP) is 5.59. The Hall–Kier alpha value is -2.38. The van der Waals surface area contributed by atoms with Crippen LogP contribution in [0.4, 0.5) is 17.1 Å². The van der Waals surface area contributed by atoms with E-state index in [0.717, 1.165) is 23.7 Å². The monoisotopic (exact) mass is 388 g/mol. The molecular formula is C20H28N2O4Si. The molecule has 1 N–H and O–H groups in total. The summed E-state index contributed by atoms with van der Waals surface area (Å²) in [6.07, 6.45) is 0.831. The summed E-state index contributed by atoms with van der Waals surface area (Å²) >= 11 is 0. The molecule has 0 saturated carbocycles. The fraction of sp³-hybridized carbons (Fsp3) is 0.400. The number of anilines is 2. The maximum Gasteiger partial charge on any atom is 0.292 e. The number of aryl methyl sites for hydroxylation is 1. The van der Waals surface area contributed by atoms with E-state index in [1.54, 1.807) is 12.1 Å². The van der Waals surface area contributed by atoms with Gasteiger partial charge in [0, 0.05) is 32.5 Å². The van der Waals surface area contributed by atoms with Gasteiger partial charge in [-0.2, -0.15) is 0 Å². The highest BCUT2D eigenvalue weighted by atomic mass is 28.3. The van der Waals surface area contributed by atoms with Crippen molar-refractivity contribution in [3.05, 3.63) is 58.1 Å². The molecule has 0 radical (unpaired) electrons. The first kappa shape index (κ1) is 20.9. The molecule has 0 aliphatic heterocycles. The van der Waals surface area contributed by atoms with E-state index in [4.69, 9.17) is 9.47 Å². The van der Waals surface area contributed by atoms with Crippen molar-refractivity contribution in [3.63, 3.8) is 0 Å². The second-order valence-corrected chi connectivity index (χ2v) is 13.2.